The van der Waals surface area contributed by atoms with Gasteiger partial charge in [-0.05, 0) is 116 Å². The molecule has 0 saturated heterocycles. The number of allylic oxidation sites excluding steroid dienone is 1. The van der Waals surface area contributed by atoms with Crippen molar-refractivity contribution in [3.8, 4) is 0 Å². The van der Waals surface area contributed by atoms with E-state index >= 15 is 8.78 Å². The molecule has 0 nitrogen and oxygen atoms in total. The summed E-state index contributed by atoms with van der Waals surface area (Å²) in [7, 11) is 0. The van der Waals surface area contributed by atoms with Crippen LogP contribution in [0.4, 0.5) is 13.2 Å². The lowest BCUT2D eigenvalue weighted by molar-refractivity contribution is 0.302. The first kappa shape index (κ1) is 27.0. The van der Waals surface area contributed by atoms with Crippen LogP contribution >= 0.6 is 0 Å². The molecule has 2 saturated carbocycles. The lowest BCUT2D eigenvalue weighted by Gasteiger charge is -2.30. The van der Waals surface area contributed by atoms with Crippen molar-refractivity contribution < 1.29 is 13.2 Å². The van der Waals surface area contributed by atoms with E-state index in [1.165, 1.54) is 12.8 Å². The Balaban J connectivity index is 1.33. The Bertz CT molecular complexity index is 1010. The third kappa shape index (κ3) is 6.64. The smallest absolute Gasteiger partial charge is 0.162 e. The minimum absolute atomic E-state index is 0.0776. The summed E-state index contributed by atoms with van der Waals surface area (Å²) in [5, 5.41) is 0. The first-order chi connectivity index (χ1) is 17.5. The van der Waals surface area contributed by atoms with E-state index in [2.05, 4.69) is 19.9 Å². The molecule has 2 aliphatic rings. The Morgan fingerprint density at radius 1 is 0.750 bits per heavy atom. The number of halogens is 3. The fourth-order valence-corrected chi connectivity index (χ4v) is 6.49. The quantitative estimate of drug-likeness (QED) is 0.324. The average Bonchev–Trinajstić information content (AvgIpc) is 2.90. The van der Waals surface area contributed by atoms with E-state index in [-0.39, 0.29) is 17.7 Å². The Labute approximate surface area is 216 Å². The lowest BCUT2D eigenvalue weighted by Crippen LogP contribution is -2.17. The maximum absolute atomic E-state index is 15.2. The molecule has 3 heteroatoms. The minimum atomic E-state index is -0.610. The van der Waals surface area contributed by atoms with Crippen molar-refractivity contribution >= 4 is 6.08 Å². The Hall–Kier alpha value is -2.03. The Kier molecular flexibility index (Phi) is 9.73. The fraction of sp³-hybridized carbons (Fsp3) is 0.576. The van der Waals surface area contributed by atoms with Gasteiger partial charge in [-0.2, -0.15) is 0 Å². The monoisotopic (exact) mass is 496 g/mol. The summed E-state index contributed by atoms with van der Waals surface area (Å²) >= 11 is 0. The largest absolute Gasteiger partial charge is 0.207 e. The van der Waals surface area contributed by atoms with Gasteiger partial charge in [-0.15, -0.1) is 0 Å². The number of benzene rings is 2. The molecule has 0 unspecified atom stereocenters. The standard InChI is InChI=1S/C33H43F3/c1-3-5-7-28-19-14-25(22-31(28)34)9-8-24-12-17-27(18-13-24)30-21-20-29(32(35)33(30)36)26-15-10-23(6-4-2)11-16-26/h8-9,14,19-24,26-27H,3-7,10-13,15-18H2,1-2H3/b9-8+. The van der Waals surface area contributed by atoms with Crippen LogP contribution < -0.4 is 0 Å². The van der Waals surface area contributed by atoms with E-state index in [9.17, 15) is 4.39 Å². The molecule has 0 aromatic heterocycles. The molecule has 2 aromatic carbocycles. The Morgan fingerprint density at radius 3 is 1.92 bits per heavy atom. The predicted octanol–water partition coefficient (Wildman–Crippen LogP) is 10.5. The van der Waals surface area contributed by atoms with Crippen LogP contribution in [-0.4, -0.2) is 0 Å². The van der Waals surface area contributed by atoms with E-state index in [1.54, 1.807) is 6.07 Å². The van der Waals surface area contributed by atoms with Crippen molar-refractivity contribution in [3.63, 3.8) is 0 Å². The third-order valence-corrected chi connectivity index (χ3v) is 8.77. The highest BCUT2D eigenvalue weighted by Gasteiger charge is 2.29. The van der Waals surface area contributed by atoms with Crippen LogP contribution in [0, 0.1) is 29.3 Å². The van der Waals surface area contributed by atoms with Crippen molar-refractivity contribution in [2.75, 3.05) is 0 Å². The van der Waals surface area contributed by atoms with Gasteiger partial charge in [0, 0.05) is 0 Å². The normalized spacial score (nSPS) is 24.9. The highest BCUT2D eigenvalue weighted by Crippen LogP contribution is 2.42. The van der Waals surface area contributed by atoms with E-state index < -0.39 is 11.6 Å². The van der Waals surface area contributed by atoms with Gasteiger partial charge in [0.25, 0.3) is 0 Å². The van der Waals surface area contributed by atoms with Gasteiger partial charge >= 0.3 is 0 Å². The van der Waals surface area contributed by atoms with Gasteiger partial charge in [0.2, 0.25) is 0 Å². The van der Waals surface area contributed by atoms with Crippen LogP contribution in [0.1, 0.15) is 125 Å². The summed E-state index contributed by atoms with van der Waals surface area (Å²) in [6, 6.07) is 9.27. The zero-order valence-corrected chi connectivity index (χ0v) is 22.2. The van der Waals surface area contributed by atoms with Gasteiger partial charge in [-0.3, -0.25) is 0 Å². The molecule has 0 bridgehead atoms. The van der Waals surface area contributed by atoms with E-state index in [0.29, 0.717) is 17.0 Å². The minimum Gasteiger partial charge on any atom is -0.207 e. The highest BCUT2D eigenvalue weighted by molar-refractivity contribution is 5.50. The molecule has 4 rings (SSSR count). The second kappa shape index (κ2) is 13.0. The summed E-state index contributed by atoms with van der Waals surface area (Å²) in [5.41, 5.74) is 2.83. The van der Waals surface area contributed by atoms with Crippen LogP contribution in [0.25, 0.3) is 6.08 Å². The predicted molar refractivity (Wildman–Crippen MR) is 145 cm³/mol. The van der Waals surface area contributed by atoms with Crippen molar-refractivity contribution in [1.29, 1.82) is 0 Å². The van der Waals surface area contributed by atoms with Gasteiger partial charge in [-0.1, -0.05) is 69.5 Å². The lowest BCUT2D eigenvalue weighted by atomic mass is 9.75. The van der Waals surface area contributed by atoms with E-state index in [4.69, 9.17) is 0 Å². The maximum atomic E-state index is 15.2. The van der Waals surface area contributed by atoms with Gasteiger partial charge in [0.05, 0.1) is 0 Å². The van der Waals surface area contributed by atoms with Crippen LogP contribution in [0.2, 0.25) is 0 Å². The number of aryl methyl sites for hydroxylation is 1. The zero-order valence-electron chi connectivity index (χ0n) is 22.2. The van der Waals surface area contributed by atoms with Crippen LogP contribution in [0.5, 0.6) is 0 Å². The number of hydrogen-bond donors (Lipinski definition) is 0. The topological polar surface area (TPSA) is 0 Å². The highest BCUT2D eigenvalue weighted by atomic mass is 19.2. The van der Waals surface area contributed by atoms with Crippen molar-refractivity contribution in [3.05, 3.63) is 76.1 Å². The molecule has 36 heavy (non-hydrogen) atoms. The second-order valence-electron chi connectivity index (χ2n) is 11.3. The summed E-state index contributed by atoms with van der Waals surface area (Å²) in [6.07, 6.45) is 17.3. The zero-order chi connectivity index (χ0) is 25.5. The van der Waals surface area contributed by atoms with Gasteiger partial charge < -0.3 is 0 Å². The molecule has 0 N–H and O–H groups in total. The van der Waals surface area contributed by atoms with Crippen LogP contribution in [0.15, 0.2) is 36.4 Å². The molecule has 2 aromatic rings. The molecule has 0 heterocycles. The first-order valence-corrected chi connectivity index (χ1v) is 14.4. The molecule has 196 valence electrons. The van der Waals surface area contributed by atoms with E-state index in [1.807, 2.05) is 30.3 Å². The summed E-state index contributed by atoms with van der Waals surface area (Å²) in [6.45, 7) is 4.33. The molecule has 2 aliphatic carbocycles. The fourth-order valence-electron chi connectivity index (χ4n) is 6.49. The van der Waals surface area contributed by atoms with Crippen molar-refractivity contribution in [2.45, 2.75) is 109 Å². The SMILES string of the molecule is CCCCc1ccc(/C=C/C2CCC(c3ccc(C4CCC(CCC)CC4)c(F)c3F)CC2)cc1F. The maximum Gasteiger partial charge on any atom is 0.162 e. The number of unbranched alkanes of at least 4 members (excludes halogenated alkanes) is 1. The number of rotatable bonds is 9. The first-order valence-electron chi connectivity index (χ1n) is 14.4. The Morgan fingerprint density at radius 2 is 1.36 bits per heavy atom. The van der Waals surface area contributed by atoms with Crippen LogP contribution in [-0.2, 0) is 6.42 Å². The summed E-state index contributed by atoms with van der Waals surface area (Å²) < 4.78 is 44.7. The number of hydrogen-bond acceptors (Lipinski definition) is 0. The second-order valence-corrected chi connectivity index (χ2v) is 11.3. The molecule has 0 radical (unpaired) electrons. The molecular formula is C33H43F3. The summed E-state index contributed by atoms with van der Waals surface area (Å²) in [5.74, 6) is 0.0613. The van der Waals surface area contributed by atoms with Gasteiger partial charge in [0.1, 0.15) is 5.82 Å². The van der Waals surface area contributed by atoms with Crippen LogP contribution in [0.3, 0.4) is 0 Å². The molecule has 0 atom stereocenters. The average molecular weight is 497 g/mol. The molecule has 0 aliphatic heterocycles. The van der Waals surface area contributed by atoms with Crippen molar-refractivity contribution in [2.24, 2.45) is 11.8 Å². The van der Waals surface area contributed by atoms with Crippen molar-refractivity contribution in [1.82, 2.24) is 0 Å². The van der Waals surface area contributed by atoms with Gasteiger partial charge in [-0.25, -0.2) is 13.2 Å². The molecule has 0 spiro atoms. The molecular weight excluding hydrogens is 453 g/mol. The molecule has 2 fully saturated rings. The third-order valence-electron chi connectivity index (χ3n) is 8.77. The summed E-state index contributed by atoms with van der Waals surface area (Å²) in [4.78, 5) is 0. The molecule has 0 amide bonds. The van der Waals surface area contributed by atoms with Gasteiger partial charge in [0.15, 0.2) is 11.6 Å². The van der Waals surface area contributed by atoms with E-state index in [0.717, 1.165) is 87.7 Å².